The van der Waals surface area contributed by atoms with Gasteiger partial charge in [-0.1, -0.05) is 26.2 Å². The predicted octanol–water partition coefficient (Wildman–Crippen LogP) is 2.87. The fourth-order valence-electron chi connectivity index (χ4n) is 1.86. The highest BCUT2D eigenvalue weighted by atomic mass is 16.5. The number of ether oxygens (including phenoxy) is 1. The van der Waals surface area contributed by atoms with Gasteiger partial charge in [-0.05, 0) is 18.8 Å². The van der Waals surface area contributed by atoms with Crippen LogP contribution in [0.5, 0.6) is 5.88 Å². The molecule has 1 aromatic heterocycles. The largest absolute Gasteiger partial charge is 0.478 e. The first kappa shape index (κ1) is 12.1. The van der Waals surface area contributed by atoms with E-state index in [2.05, 4.69) is 22.2 Å². The third kappa shape index (κ3) is 3.88. The summed E-state index contributed by atoms with van der Waals surface area (Å²) in [5.74, 6) is 2.22. The minimum Gasteiger partial charge on any atom is -0.478 e. The van der Waals surface area contributed by atoms with Crippen molar-refractivity contribution in [3.63, 3.8) is 0 Å². The van der Waals surface area contributed by atoms with Gasteiger partial charge in [0.25, 0.3) is 0 Å². The Balaban J connectivity index is 1.74. The molecule has 1 aliphatic carbocycles. The van der Waals surface area contributed by atoms with Crippen molar-refractivity contribution >= 4 is 5.95 Å². The van der Waals surface area contributed by atoms with Gasteiger partial charge in [-0.2, -0.15) is 4.98 Å². The molecule has 1 aliphatic rings. The molecule has 1 aromatic rings. The lowest BCUT2D eigenvalue weighted by atomic mass is 9.83. The van der Waals surface area contributed by atoms with Crippen molar-refractivity contribution in [1.29, 1.82) is 0 Å². The molecule has 17 heavy (non-hydrogen) atoms. The summed E-state index contributed by atoms with van der Waals surface area (Å²) in [5, 5.41) is 3.15. The van der Waals surface area contributed by atoms with E-state index >= 15 is 0 Å². The van der Waals surface area contributed by atoms with Crippen LogP contribution < -0.4 is 10.1 Å². The van der Waals surface area contributed by atoms with Crippen molar-refractivity contribution in [3.8, 4) is 5.88 Å². The number of hydrogen-bond donors (Lipinski definition) is 1. The molecule has 0 spiro atoms. The molecule has 0 aromatic carbocycles. The number of aromatic nitrogens is 2. The second kappa shape index (κ2) is 6.42. The number of anilines is 1. The molecule has 4 nitrogen and oxygen atoms in total. The van der Waals surface area contributed by atoms with Gasteiger partial charge in [0.1, 0.15) is 0 Å². The molecule has 1 N–H and O–H groups in total. The van der Waals surface area contributed by atoms with Crippen molar-refractivity contribution in [1.82, 2.24) is 9.97 Å². The fraction of sp³-hybridized carbons (Fsp3) is 0.692. The topological polar surface area (TPSA) is 47.0 Å². The standard InChI is InChI=1S/C13H21N3O/c1-2-8-14-13-15-9-6-12(16-13)17-10-7-11-4-3-5-11/h6,9,11H,2-5,7-8,10H2,1H3,(H,14,15,16). The number of nitrogens with one attached hydrogen (secondary N) is 1. The van der Waals surface area contributed by atoms with E-state index in [0.29, 0.717) is 11.8 Å². The lowest BCUT2D eigenvalue weighted by Crippen LogP contribution is -2.15. The summed E-state index contributed by atoms with van der Waals surface area (Å²) in [6.07, 6.45) is 8.09. The van der Waals surface area contributed by atoms with E-state index in [1.807, 2.05) is 6.07 Å². The van der Waals surface area contributed by atoms with Crippen molar-refractivity contribution in [2.75, 3.05) is 18.5 Å². The monoisotopic (exact) mass is 235 g/mol. The van der Waals surface area contributed by atoms with Crippen LogP contribution in [-0.4, -0.2) is 23.1 Å². The summed E-state index contributed by atoms with van der Waals surface area (Å²) in [4.78, 5) is 8.45. The summed E-state index contributed by atoms with van der Waals surface area (Å²) in [7, 11) is 0. The molecule has 0 saturated heterocycles. The van der Waals surface area contributed by atoms with E-state index in [9.17, 15) is 0 Å². The second-order valence-electron chi connectivity index (χ2n) is 4.58. The molecule has 0 atom stereocenters. The highest BCUT2D eigenvalue weighted by Gasteiger charge is 2.16. The van der Waals surface area contributed by atoms with Gasteiger partial charge >= 0.3 is 0 Å². The number of hydrogen-bond acceptors (Lipinski definition) is 4. The summed E-state index contributed by atoms with van der Waals surface area (Å²) in [6.45, 7) is 3.78. The smallest absolute Gasteiger partial charge is 0.225 e. The summed E-state index contributed by atoms with van der Waals surface area (Å²) < 4.78 is 5.64. The van der Waals surface area contributed by atoms with Gasteiger partial charge in [-0.15, -0.1) is 0 Å². The molecule has 2 rings (SSSR count). The Morgan fingerprint density at radius 2 is 2.35 bits per heavy atom. The summed E-state index contributed by atoms with van der Waals surface area (Å²) in [6, 6.07) is 1.82. The minimum absolute atomic E-state index is 0.660. The van der Waals surface area contributed by atoms with Crippen LogP contribution in [0.15, 0.2) is 12.3 Å². The quantitative estimate of drug-likeness (QED) is 0.789. The zero-order valence-corrected chi connectivity index (χ0v) is 10.5. The fourth-order valence-corrected chi connectivity index (χ4v) is 1.86. The number of nitrogens with zero attached hydrogens (tertiary/aromatic N) is 2. The molecule has 0 bridgehead atoms. The van der Waals surface area contributed by atoms with Gasteiger partial charge in [-0.3, -0.25) is 0 Å². The van der Waals surface area contributed by atoms with Crippen LogP contribution in [0.4, 0.5) is 5.95 Å². The zero-order valence-electron chi connectivity index (χ0n) is 10.5. The maximum absolute atomic E-state index is 5.64. The molecular formula is C13H21N3O. The lowest BCUT2D eigenvalue weighted by Gasteiger charge is -2.24. The van der Waals surface area contributed by atoms with E-state index in [0.717, 1.165) is 31.9 Å². The molecule has 94 valence electrons. The normalized spacial score (nSPS) is 15.4. The van der Waals surface area contributed by atoms with Crippen LogP contribution in [0.1, 0.15) is 39.0 Å². The van der Waals surface area contributed by atoms with Gasteiger partial charge in [0.15, 0.2) is 0 Å². The molecule has 1 fully saturated rings. The maximum atomic E-state index is 5.64. The van der Waals surface area contributed by atoms with Crippen LogP contribution in [0.3, 0.4) is 0 Å². The number of rotatable bonds is 7. The van der Waals surface area contributed by atoms with Gasteiger partial charge < -0.3 is 10.1 Å². The first-order valence-corrected chi connectivity index (χ1v) is 6.58. The SMILES string of the molecule is CCCNc1nccc(OCCC2CCC2)n1. The van der Waals surface area contributed by atoms with Crippen LogP contribution in [0.25, 0.3) is 0 Å². The molecule has 0 aliphatic heterocycles. The molecule has 0 amide bonds. The highest BCUT2D eigenvalue weighted by Crippen LogP contribution is 2.29. The van der Waals surface area contributed by atoms with Gasteiger partial charge in [-0.25, -0.2) is 4.98 Å². The van der Waals surface area contributed by atoms with Crippen molar-refractivity contribution in [2.24, 2.45) is 5.92 Å². The second-order valence-corrected chi connectivity index (χ2v) is 4.58. The molecule has 4 heteroatoms. The third-order valence-electron chi connectivity index (χ3n) is 3.16. The van der Waals surface area contributed by atoms with Crippen LogP contribution in [0.2, 0.25) is 0 Å². The summed E-state index contributed by atoms with van der Waals surface area (Å²) >= 11 is 0. The van der Waals surface area contributed by atoms with E-state index in [1.165, 1.54) is 19.3 Å². The predicted molar refractivity (Wildman–Crippen MR) is 68.3 cm³/mol. The van der Waals surface area contributed by atoms with E-state index in [1.54, 1.807) is 6.20 Å². The maximum Gasteiger partial charge on any atom is 0.225 e. The van der Waals surface area contributed by atoms with Crippen molar-refractivity contribution in [2.45, 2.75) is 39.0 Å². The Kier molecular flexibility index (Phi) is 4.59. The van der Waals surface area contributed by atoms with E-state index in [-0.39, 0.29) is 0 Å². The highest BCUT2D eigenvalue weighted by molar-refractivity contribution is 5.27. The van der Waals surface area contributed by atoms with Crippen molar-refractivity contribution in [3.05, 3.63) is 12.3 Å². The Hall–Kier alpha value is -1.32. The van der Waals surface area contributed by atoms with Crippen LogP contribution in [-0.2, 0) is 0 Å². The Morgan fingerprint density at radius 1 is 1.47 bits per heavy atom. The van der Waals surface area contributed by atoms with Gasteiger partial charge in [0, 0.05) is 18.8 Å². The average molecular weight is 235 g/mol. The molecule has 0 unspecified atom stereocenters. The Bertz CT molecular complexity index is 339. The van der Waals surface area contributed by atoms with Crippen LogP contribution in [0, 0.1) is 5.92 Å². The first-order valence-electron chi connectivity index (χ1n) is 6.58. The van der Waals surface area contributed by atoms with Gasteiger partial charge in [0.05, 0.1) is 6.61 Å². The minimum atomic E-state index is 0.660. The van der Waals surface area contributed by atoms with E-state index < -0.39 is 0 Å². The lowest BCUT2D eigenvalue weighted by molar-refractivity contribution is 0.217. The zero-order chi connectivity index (χ0) is 11.9. The van der Waals surface area contributed by atoms with E-state index in [4.69, 9.17) is 4.74 Å². The first-order chi connectivity index (χ1) is 8.38. The average Bonchev–Trinajstić information content (AvgIpc) is 2.30. The summed E-state index contributed by atoms with van der Waals surface area (Å²) in [5.41, 5.74) is 0. The molecule has 0 radical (unpaired) electrons. The Morgan fingerprint density at radius 3 is 3.06 bits per heavy atom. The van der Waals surface area contributed by atoms with Crippen molar-refractivity contribution < 1.29 is 4.74 Å². The van der Waals surface area contributed by atoms with Crippen LogP contribution >= 0.6 is 0 Å². The molecule has 1 heterocycles. The third-order valence-corrected chi connectivity index (χ3v) is 3.16. The molecular weight excluding hydrogens is 214 g/mol. The van der Waals surface area contributed by atoms with Gasteiger partial charge in [0.2, 0.25) is 11.8 Å². The Labute approximate surface area is 103 Å². The molecule has 1 saturated carbocycles.